The van der Waals surface area contributed by atoms with E-state index in [1.807, 2.05) is 0 Å². The maximum absolute atomic E-state index is 12.0. The Bertz CT molecular complexity index is 228. The number of amides is 1. The normalized spacial score (nSPS) is 26.5. The lowest BCUT2D eigenvalue weighted by molar-refractivity contribution is -0.126. The summed E-state index contributed by atoms with van der Waals surface area (Å²) in [6.45, 7) is 5.92. The Hall–Kier alpha value is -0.570. The molecule has 0 spiro atoms. The van der Waals surface area contributed by atoms with Gasteiger partial charge in [-0.05, 0) is 37.6 Å². The standard InChI is InChI=1S/C14H28N2O/c1-3-11(2)10-16-14(17)13-6-4-5-12(9-13)7-8-15/h11-13H,3-10,15H2,1-2H3,(H,16,17). The summed E-state index contributed by atoms with van der Waals surface area (Å²) in [4.78, 5) is 12.0. The van der Waals surface area contributed by atoms with E-state index < -0.39 is 0 Å². The van der Waals surface area contributed by atoms with Crippen LogP contribution in [0.4, 0.5) is 0 Å². The number of nitrogens with two attached hydrogens (primary N) is 1. The van der Waals surface area contributed by atoms with Crippen LogP contribution in [0.2, 0.25) is 0 Å². The number of carbonyl (C=O) groups is 1. The Balaban J connectivity index is 2.30. The predicted molar refractivity (Wildman–Crippen MR) is 71.6 cm³/mol. The highest BCUT2D eigenvalue weighted by atomic mass is 16.1. The molecule has 1 amide bonds. The van der Waals surface area contributed by atoms with Crippen molar-refractivity contribution in [1.82, 2.24) is 5.32 Å². The Morgan fingerprint density at radius 2 is 2.24 bits per heavy atom. The second-order valence-electron chi connectivity index (χ2n) is 5.57. The van der Waals surface area contributed by atoms with Crippen molar-refractivity contribution < 1.29 is 4.79 Å². The van der Waals surface area contributed by atoms with E-state index in [-0.39, 0.29) is 11.8 Å². The summed E-state index contributed by atoms with van der Waals surface area (Å²) in [6.07, 6.45) is 6.76. The SMILES string of the molecule is CCC(C)CNC(=O)C1CCCC(CCN)C1. The first kappa shape index (κ1) is 14.5. The fourth-order valence-corrected chi connectivity index (χ4v) is 2.59. The molecule has 100 valence electrons. The Morgan fingerprint density at radius 1 is 1.47 bits per heavy atom. The minimum Gasteiger partial charge on any atom is -0.356 e. The predicted octanol–water partition coefficient (Wildman–Crippen LogP) is 2.30. The summed E-state index contributed by atoms with van der Waals surface area (Å²) in [7, 11) is 0. The van der Waals surface area contributed by atoms with Crippen molar-refractivity contribution >= 4 is 5.91 Å². The first-order chi connectivity index (χ1) is 8.17. The van der Waals surface area contributed by atoms with Crippen molar-refractivity contribution in [1.29, 1.82) is 0 Å². The van der Waals surface area contributed by atoms with Gasteiger partial charge in [0.1, 0.15) is 0 Å². The van der Waals surface area contributed by atoms with Gasteiger partial charge in [-0.2, -0.15) is 0 Å². The van der Waals surface area contributed by atoms with Crippen LogP contribution in [-0.2, 0) is 4.79 Å². The van der Waals surface area contributed by atoms with Crippen molar-refractivity contribution in [3.8, 4) is 0 Å². The summed E-state index contributed by atoms with van der Waals surface area (Å²) in [6, 6.07) is 0. The van der Waals surface area contributed by atoms with Crippen LogP contribution in [0.25, 0.3) is 0 Å². The van der Waals surface area contributed by atoms with E-state index in [0.29, 0.717) is 11.8 Å². The van der Waals surface area contributed by atoms with E-state index in [4.69, 9.17) is 5.73 Å². The molecule has 0 bridgehead atoms. The van der Waals surface area contributed by atoms with Crippen LogP contribution in [0.15, 0.2) is 0 Å². The highest BCUT2D eigenvalue weighted by Gasteiger charge is 2.26. The van der Waals surface area contributed by atoms with Crippen molar-refractivity contribution in [2.75, 3.05) is 13.1 Å². The molecule has 0 radical (unpaired) electrons. The number of hydrogen-bond acceptors (Lipinski definition) is 2. The molecule has 0 aromatic heterocycles. The van der Waals surface area contributed by atoms with E-state index in [1.54, 1.807) is 0 Å². The molecular weight excluding hydrogens is 212 g/mol. The largest absolute Gasteiger partial charge is 0.356 e. The maximum atomic E-state index is 12.0. The molecular formula is C14H28N2O. The summed E-state index contributed by atoms with van der Waals surface area (Å²) in [5.74, 6) is 1.77. The van der Waals surface area contributed by atoms with E-state index in [0.717, 1.165) is 38.8 Å². The molecule has 3 nitrogen and oxygen atoms in total. The van der Waals surface area contributed by atoms with Gasteiger partial charge in [-0.25, -0.2) is 0 Å². The van der Waals surface area contributed by atoms with Crippen molar-refractivity contribution in [3.63, 3.8) is 0 Å². The molecule has 1 saturated carbocycles. The molecule has 0 aromatic rings. The highest BCUT2D eigenvalue weighted by Crippen LogP contribution is 2.30. The lowest BCUT2D eigenvalue weighted by Crippen LogP contribution is -2.36. The Kier molecular flexibility index (Phi) is 6.56. The molecule has 3 unspecified atom stereocenters. The van der Waals surface area contributed by atoms with Gasteiger partial charge in [0.05, 0.1) is 0 Å². The fourth-order valence-electron chi connectivity index (χ4n) is 2.59. The van der Waals surface area contributed by atoms with Crippen LogP contribution in [0.1, 0.15) is 52.4 Å². The van der Waals surface area contributed by atoms with E-state index in [1.165, 1.54) is 12.8 Å². The topological polar surface area (TPSA) is 55.1 Å². The van der Waals surface area contributed by atoms with Gasteiger partial charge < -0.3 is 11.1 Å². The van der Waals surface area contributed by atoms with Crippen LogP contribution in [-0.4, -0.2) is 19.0 Å². The molecule has 0 aromatic carbocycles. The minimum absolute atomic E-state index is 0.240. The molecule has 0 heterocycles. The zero-order valence-electron chi connectivity index (χ0n) is 11.4. The fraction of sp³-hybridized carbons (Fsp3) is 0.929. The van der Waals surface area contributed by atoms with Gasteiger partial charge in [0.2, 0.25) is 5.91 Å². The van der Waals surface area contributed by atoms with Crippen molar-refractivity contribution in [2.24, 2.45) is 23.5 Å². The molecule has 17 heavy (non-hydrogen) atoms. The first-order valence-electron chi connectivity index (χ1n) is 7.15. The average molecular weight is 240 g/mol. The summed E-state index contributed by atoms with van der Waals surface area (Å²) in [5, 5.41) is 3.10. The molecule has 0 saturated heterocycles. The zero-order valence-corrected chi connectivity index (χ0v) is 11.4. The molecule has 0 aliphatic heterocycles. The van der Waals surface area contributed by atoms with Gasteiger partial charge >= 0.3 is 0 Å². The van der Waals surface area contributed by atoms with E-state index in [2.05, 4.69) is 19.2 Å². The number of carbonyl (C=O) groups excluding carboxylic acids is 1. The van der Waals surface area contributed by atoms with Crippen LogP contribution in [0.5, 0.6) is 0 Å². The van der Waals surface area contributed by atoms with Crippen LogP contribution in [0, 0.1) is 17.8 Å². The molecule has 1 rings (SSSR count). The molecule has 3 heteroatoms. The van der Waals surface area contributed by atoms with Gasteiger partial charge in [0.15, 0.2) is 0 Å². The minimum atomic E-state index is 0.240. The smallest absolute Gasteiger partial charge is 0.223 e. The van der Waals surface area contributed by atoms with Crippen molar-refractivity contribution in [2.45, 2.75) is 52.4 Å². The highest BCUT2D eigenvalue weighted by molar-refractivity contribution is 5.78. The van der Waals surface area contributed by atoms with Gasteiger partial charge in [-0.1, -0.05) is 33.1 Å². The second kappa shape index (κ2) is 7.70. The van der Waals surface area contributed by atoms with E-state index >= 15 is 0 Å². The average Bonchev–Trinajstić information content (AvgIpc) is 2.36. The molecule has 3 N–H and O–H groups in total. The number of nitrogens with one attached hydrogen (secondary N) is 1. The molecule has 1 fully saturated rings. The van der Waals surface area contributed by atoms with Crippen LogP contribution >= 0.6 is 0 Å². The number of rotatable bonds is 6. The third kappa shape index (κ3) is 5.07. The monoisotopic (exact) mass is 240 g/mol. The third-order valence-corrected chi connectivity index (χ3v) is 4.05. The summed E-state index contributed by atoms with van der Waals surface area (Å²) < 4.78 is 0. The third-order valence-electron chi connectivity index (χ3n) is 4.05. The van der Waals surface area contributed by atoms with Crippen LogP contribution < -0.4 is 11.1 Å². The maximum Gasteiger partial charge on any atom is 0.223 e. The lowest BCUT2D eigenvalue weighted by Gasteiger charge is -2.28. The molecule has 1 aliphatic carbocycles. The molecule has 1 aliphatic rings. The quantitative estimate of drug-likeness (QED) is 0.748. The van der Waals surface area contributed by atoms with Crippen molar-refractivity contribution in [3.05, 3.63) is 0 Å². The van der Waals surface area contributed by atoms with Gasteiger partial charge in [0.25, 0.3) is 0 Å². The van der Waals surface area contributed by atoms with E-state index in [9.17, 15) is 4.79 Å². The Labute approximate surface area is 106 Å². The molecule has 3 atom stereocenters. The Morgan fingerprint density at radius 3 is 2.88 bits per heavy atom. The summed E-state index contributed by atoms with van der Waals surface area (Å²) in [5.41, 5.74) is 5.60. The number of hydrogen-bond donors (Lipinski definition) is 2. The van der Waals surface area contributed by atoms with Gasteiger partial charge in [-0.15, -0.1) is 0 Å². The van der Waals surface area contributed by atoms with Gasteiger partial charge in [-0.3, -0.25) is 4.79 Å². The second-order valence-corrected chi connectivity index (χ2v) is 5.57. The van der Waals surface area contributed by atoms with Gasteiger partial charge in [0, 0.05) is 12.5 Å². The zero-order chi connectivity index (χ0) is 12.7. The lowest BCUT2D eigenvalue weighted by atomic mass is 9.79. The van der Waals surface area contributed by atoms with Crippen LogP contribution in [0.3, 0.4) is 0 Å². The first-order valence-corrected chi connectivity index (χ1v) is 7.15. The summed E-state index contributed by atoms with van der Waals surface area (Å²) >= 11 is 0.